The average Bonchev–Trinajstić information content (AvgIpc) is 2.59. The summed E-state index contributed by atoms with van der Waals surface area (Å²) in [4.78, 5) is 20.6. The van der Waals surface area contributed by atoms with E-state index in [1.807, 2.05) is 0 Å². The minimum atomic E-state index is -0.824. The van der Waals surface area contributed by atoms with E-state index in [1.165, 1.54) is 0 Å². The molecule has 0 aromatic heterocycles. The number of hydrogen-bond acceptors (Lipinski definition) is 8. The number of hydrogen-bond donors (Lipinski definition) is 0. The van der Waals surface area contributed by atoms with Crippen LogP contribution in [0.5, 0.6) is 0 Å². The van der Waals surface area contributed by atoms with Crippen LogP contribution < -0.4 is 0 Å². The quantitative estimate of drug-likeness (QED) is 0.514. The Morgan fingerprint density at radius 2 is 1.12 bits per heavy atom. The van der Waals surface area contributed by atoms with E-state index in [0.717, 1.165) is 12.5 Å². The first-order valence-corrected chi connectivity index (χ1v) is 7.95. The summed E-state index contributed by atoms with van der Waals surface area (Å²) in [5, 5.41) is 0. The van der Waals surface area contributed by atoms with Crippen molar-refractivity contribution in [2.45, 2.75) is 51.5 Å². The number of rotatable bonds is 6. The van der Waals surface area contributed by atoms with Crippen LogP contribution in [0.25, 0.3) is 0 Å². The first-order valence-electron chi connectivity index (χ1n) is 7.95. The van der Waals surface area contributed by atoms with Crippen molar-refractivity contribution in [2.24, 2.45) is 5.41 Å². The highest BCUT2D eigenvalue weighted by molar-refractivity contribution is 5.42. The van der Waals surface area contributed by atoms with Crippen LogP contribution in [0.2, 0.25) is 0 Å². The Bertz CT molecular complexity index is 487. The second kappa shape index (κ2) is 7.70. The third-order valence-electron chi connectivity index (χ3n) is 4.12. The van der Waals surface area contributed by atoms with Crippen LogP contribution in [0.1, 0.15) is 27.7 Å². The van der Waals surface area contributed by atoms with E-state index in [2.05, 4.69) is 0 Å². The summed E-state index contributed by atoms with van der Waals surface area (Å²) >= 11 is 0. The molecule has 0 N–H and O–H groups in total. The summed E-state index contributed by atoms with van der Waals surface area (Å²) in [6.07, 6.45) is 0.644. The van der Waals surface area contributed by atoms with E-state index in [1.54, 1.807) is 39.6 Å². The average molecular weight is 356 g/mol. The van der Waals surface area contributed by atoms with E-state index in [0.29, 0.717) is 26.4 Å². The molecule has 0 aromatic carbocycles. The van der Waals surface area contributed by atoms with Gasteiger partial charge < -0.3 is 28.4 Å². The van der Waals surface area contributed by atoms with E-state index >= 15 is 0 Å². The van der Waals surface area contributed by atoms with Gasteiger partial charge >= 0.3 is 0 Å². The molecule has 0 aliphatic carbocycles. The van der Waals surface area contributed by atoms with E-state index < -0.39 is 29.2 Å². The molecule has 0 atom stereocenters. The van der Waals surface area contributed by atoms with Crippen molar-refractivity contribution in [3.05, 3.63) is 12.5 Å². The highest BCUT2D eigenvalue weighted by Crippen LogP contribution is 2.36. The lowest BCUT2D eigenvalue weighted by atomic mass is 9.89. The lowest BCUT2D eigenvalue weighted by Crippen LogP contribution is -2.58. The van der Waals surface area contributed by atoms with Gasteiger partial charge in [-0.2, -0.15) is 0 Å². The van der Waals surface area contributed by atoms with Gasteiger partial charge in [-0.25, -0.2) is 9.59 Å². The Hall–Kier alpha value is -1.66. The van der Waals surface area contributed by atoms with Gasteiger partial charge in [-0.15, -0.1) is 0 Å². The van der Waals surface area contributed by atoms with Crippen LogP contribution in [0.4, 0.5) is 0 Å². The summed E-state index contributed by atoms with van der Waals surface area (Å²) in [7, 11) is 0. The predicted octanol–water partition coefficient (Wildman–Crippen LogP) is 1.000. The van der Waals surface area contributed by atoms with Gasteiger partial charge in [-0.3, -0.25) is 0 Å². The second-order valence-corrected chi connectivity index (χ2v) is 7.32. The zero-order valence-electron chi connectivity index (χ0n) is 14.9. The third kappa shape index (κ3) is 4.70. The molecule has 140 valence electrons. The van der Waals surface area contributed by atoms with Crippen LogP contribution in [0.15, 0.2) is 12.5 Å². The highest BCUT2D eigenvalue weighted by atomic mass is 16.7. The summed E-state index contributed by atoms with van der Waals surface area (Å²) in [5.41, 5.74) is -2.08. The lowest BCUT2D eigenvalue weighted by molar-refractivity contribution is -0.344. The van der Waals surface area contributed by atoms with Gasteiger partial charge in [-0.05, 0) is 27.7 Å². The van der Waals surface area contributed by atoms with Crippen molar-refractivity contribution in [1.29, 1.82) is 0 Å². The largest absolute Gasteiger partial charge is 0.479 e. The fraction of sp³-hybridized carbons (Fsp3) is 0.765. The van der Waals surface area contributed by atoms with Gasteiger partial charge in [0.25, 0.3) is 0 Å². The van der Waals surface area contributed by atoms with E-state index in [9.17, 15) is 9.59 Å². The van der Waals surface area contributed by atoms with Gasteiger partial charge in [0.05, 0.1) is 31.8 Å². The molecule has 2 aliphatic rings. The van der Waals surface area contributed by atoms with Gasteiger partial charge in [0.15, 0.2) is 48.2 Å². The van der Waals surface area contributed by atoms with Crippen molar-refractivity contribution in [3.63, 3.8) is 0 Å². The Kier molecular flexibility index (Phi) is 6.06. The Balaban J connectivity index is 1.89. The molecule has 8 heteroatoms. The van der Waals surface area contributed by atoms with Crippen molar-refractivity contribution < 1.29 is 38.0 Å². The zero-order valence-corrected chi connectivity index (χ0v) is 14.9. The molecule has 0 aromatic rings. The van der Waals surface area contributed by atoms with E-state index in [4.69, 9.17) is 28.4 Å². The molecule has 0 saturated carbocycles. The molecule has 0 bridgehead atoms. The first-order chi connectivity index (χ1) is 11.7. The second-order valence-electron chi connectivity index (χ2n) is 7.32. The SMILES string of the molecule is CC(C)(OC=C=O)C1OCC2(CO1)COC(C(C)(C)OC=C=O)OC2. The van der Waals surface area contributed by atoms with Crippen LogP contribution >= 0.6 is 0 Å². The molecule has 0 unspecified atom stereocenters. The maximum atomic E-state index is 10.3. The Labute approximate surface area is 146 Å². The number of carbonyl (C=O) groups excluding carboxylic acids is 2. The topological polar surface area (TPSA) is 89.5 Å². The summed E-state index contributed by atoms with van der Waals surface area (Å²) < 4.78 is 33.7. The molecule has 2 saturated heterocycles. The summed E-state index contributed by atoms with van der Waals surface area (Å²) in [6, 6.07) is 0. The highest BCUT2D eigenvalue weighted by Gasteiger charge is 2.48. The molecule has 8 nitrogen and oxygen atoms in total. The van der Waals surface area contributed by atoms with Crippen LogP contribution in [-0.4, -0.2) is 62.1 Å². The standard InChI is InChI=1S/C17H24O8/c1-15(2,24-7-5-18)13-20-9-17(10-21-13)11-22-14(23-12-17)16(3,4)25-8-6-19/h7-8,13-14H,9-12H2,1-4H3. The molecular formula is C17H24O8. The van der Waals surface area contributed by atoms with Crippen molar-refractivity contribution in [1.82, 2.24) is 0 Å². The van der Waals surface area contributed by atoms with Crippen LogP contribution in [0, 0.1) is 5.41 Å². The zero-order chi connectivity index (χ0) is 18.6. The molecule has 2 fully saturated rings. The lowest BCUT2D eigenvalue weighted by Gasteiger charge is -2.48. The van der Waals surface area contributed by atoms with Gasteiger partial charge in [0.1, 0.15) is 0 Å². The normalized spacial score (nSPS) is 30.1. The van der Waals surface area contributed by atoms with Crippen LogP contribution in [-0.2, 0) is 38.0 Å². The maximum Gasteiger partial charge on any atom is 0.197 e. The molecule has 25 heavy (non-hydrogen) atoms. The van der Waals surface area contributed by atoms with Gasteiger partial charge in [0.2, 0.25) is 0 Å². The smallest absolute Gasteiger partial charge is 0.197 e. The molecule has 0 radical (unpaired) electrons. The predicted molar refractivity (Wildman–Crippen MR) is 84.7 cm³/mol. The molecule has 2 heterocycles. The Morgan fingerprint density at radius 1 is 0.800 bits per heavy atom. The van der Waals surface area contributed by atoms with Gasteiger partial charge in [-0.1, -0.05) is 0 Å². The fourth-order valence-corrected chi connectivity index (χ4v) is 2.62. The summed E-state index contributed by atoms with van der Waals surface area (Å²) in [5.74, 6) is 3.13. The molecule has 2 aliphatic heterocycles. The molecule has 0 amide bonds. The van der Waals surface area contributed by atoms with Gasteiger partial charge in [0, 0.05) is 0 Å². The summed E-state index contributed by atoms with van der Waals surface area (Å²) in [6.45, 7) is 8.47. The van der Waals surface area contributed by atoms with Crippen molar-refractivity contribution in [3.8, 4) is 0 Å². The van der Waals surface area contributed by atoms with Crippen LogP contribution in [0.3, 0.4) is 0 Å². The van der Waals surface area contributed by atoms with E-state index in [-0.39, 0.29) is 0 Å². The van der Waals surface area contributed by atoms with Crippen molar-refractivity contribution in [2.75, 3.05) is 26.4 Å². The number of ether oxygens (including phenoxy) is 6. The molecular weight excluding hydrogens is 332 g/mol. The Morgan fingerprint density at radius 3 is 1.40 bits per heavy atom. The fourth-order valence-electron chi connectivity index (χ4n) is 2.62. The molecule has 2 rings (SSSR count). The maximum absolute atomic E-state index is 10.3. The monoisotopic (exact) mass is 356 g/mol. The molecule has 1 spiro atoms. The minimum Gasteiger partial charge on any atom is -0.479 e. The minimum absolute atomic E-state index is 0.359. The third-order valence-corrected chi connectivity index (χ3v) is 4.12. The van der Waals surface area contributed by atoms with Crippen molar-refractivity contribution >= 4 is 11.9 Å². The first kappa shape index (κ1) is 19.7.